The smallest absolute Gasteiger partial charge is 0.124 e. The fourth-order valence-electron chi connectivity index (χ4n) is 2.07. The number of rotatable bonds is 5. The van der Waals surface area contributed by atoms with Crippen LogP contribution in [0, 0.1) is 0 Å². The minimum absolute atomic E-state index is 0.528. The van der Waals surface area contributed by atoms with Crippen molar-refractivity contribution in [1.29, 1.82) is 0 Å². The molecule has 0 spiro atoms. The largest absolute Gasteiger partial charge is 0.384 e. The molecule has 2 N–H and O–H groups in total. The summed E-state index contributed by atoms with van der Waals surface area (Å²) in [6.07, 6.45) is 4.56. The average Bonchev–Trinajstić information content (AvgIpc) is 2.47. The van der Waals surface area contributed by atoms with E-state index in [9.17, 15) is 0 Å². The van der Waals surface area contributed by atoms with Gasteiger partial charge in [-0.3, -0.25) is 4.68 Å². The summed E-state index contributed by atoms with van der Waals surface area (Å²) in [4.78, 5) is 0. The predicted octanol–water partition coefficient (Wildman–Crippen LogP) is 2.86. The molecule has 0 aliphatic rings. The number of nitrogens with zero attached hydrogens (tertiary/aromatic N) is 2. The Balaban J connectivity index is 2.99. The fourth-order valence-corrected chi connectivity index (χ4v) is 2.07. The summed E-state index contributed by atoms with van der Waals surface area (Å²) in [5.74, 6) is 1.37. The first kappa shape index (κ1) is 12.1. The first-order valence-electron chi connectivity index (χ1n) is 5.93. The van der Waals surface area contributed by atoms with Gasteiger partial charge in [0.05, 0.1) is 5.69 Å². The standard InChI is InChI=1S/C12H23N3/c1-5-7-9(3)11-10(8-6-2)12(13)15(4)14-11/h9H,5-8,13H2,1-4H3. The zero-order chi connectivity index (χ0) is 11.4. The van der Waals surface area contributed by atoms with Crippen molar-refractivity contribution >= 4 is 5.82 Å². The highest BCUT2D eigenvalue weighted by Crippen LogP contribution is 2.27. The molecule has 3 nitrogen and oxygen atoms in total. The SMILES string of the molecule is CCCc1c(C(C)CCC)nn(C)c1N. The van der Waals surface area contributed by atoms with Crippen molar-refractivity contribution < 1.29 is 0 Å². The lowest BCUT2D eigenvalue weighted by Crippen LogP contribution is -1.99. The van der Waals surface area contributed by atoms with Crippen LogP contribution in [0.3, 0.4) is 0 Å². The third-order valence-electron chi connectivity index (χ3n) is 2.91. The van der Waals surface area contributed by atoms with Crippen molar-refractivity contribution in [2.45, 2.75) is 52.4 Å². The van der Waals surface area contributed by atoms with Gasteiger partial charge in [0, 0.05) is 18.5 Å². The molecule has 1 rings (SSSR count). The van der Waals surface area contributed by atoms with Crippen molar-refractivity contribution in [2.24, 2.45) is 7.05 Å². The monoisotopic (exact) mass is 209 g/mol. The number of hydrogen-bond acceptors (Lipinski definition) is 2. The Bertz CT molecular complexity index is 315. The van der Waals surface area contributed by atoms with Gasteiger partial charge in [0.2, 0.25) is 0 Å². The van der Waals surface area contributed by atoms with Gasteiger partial charge >= 0.3 is 0 Å². The summed E-state index contributed by atoms with van der Waals surface area (Å²) < 4.78 is 1.81. The molecule has 86 valence electrons. The van der Waals surface area contributed by atoms with Crippen LogP contribution in [0.5, 0.6) is 0 Å². The van der Waals surface area contributed by atoms with E-state index in [2.05, 4.69) is 25.9 Å². The number of nitrogens with two attached hydrogens (primary N) is 1. The van der Waals surface area contributed by atoms with Crippen LogP contribution in [0.25, 0.3) is 0 Å². The lowest BCUT2D eigenvalue weighted by molar-refractivity contribution is 0.622. The summed E-state index contributed by atoms with van der Waals surface area (Å²) in [6, 6.07) is 0. The van der Waals surface area contributed by atoms with Gasteiger partial charge in [-0.1, -0.05) is 33.6 Å². The van der Waals surface area contributed by atoms with Gasteiger partial charge in [0.15, 0.2) is 0 Å². The number of hydrogen-bond donors (Lipinski definition) is 1. The molecular formula is C12H23N3. The summed E-state index contributed by atoms with van der Waals surface area (Å²) >= 11 is 0. The Hall–Kier alpha value is -0.990. The number of anilines is 1. The Labute approximate surface area is 92.7 Å². The van der Waals surface area contributed by atoms with Gasteiger partial charge in [-0.25, -0.2) is 0 Å². The van der Waals surface area contributed by atoms with E-state index in [1.807, 2.05) is 11.7 Å². The third kappa shape index (κ3) is 2.52. The summed E-state index contributed by atoms with van der Waals surface area (Å²) in [7, 11) is 1.93. The molecule has 0 bridgehead atoms. The molecule has 0 aromatic carbocycles. The molecule has 1 aromatic rings. The summed E-state index contributed by atoms with van der Waals surface area (Å²) in [6.45, 7) is 6.63. The zero-order valence-corrected chi connectivity index (χ0v) is 10.4. The van der Waals surface area contributed by atoms with E-state index in [-0.39, 0.29) is 0 Å². The second kappa shape index (κ2) is 5.19. The minimum atomic E-state index is 0.528. The van der Waals surface area contributed by atoms with Gasteiger partial charge < -0.3 is 5.73 Å². The molecule has 0 fully saturated rings. The molecule has 0 aliphatic carbocycles. The second-order valence-electron chi connectivity index (χ2n) is 4.31. The lowest BCUT2D eigenvalue weighted by Gasteiger charge is -2.09. The average molecular weight is 209 g/mol. The van der Waals surface area contributed by atoms with E-state index < -0.39 is 0 Å². The highest BCUT2D eigenvalue weighted by atomic mass is 15.3. The molecule has 0 amide bonds. The Morgan fingerprint density at radius 3 is 2.53 bits per heavy atom. The Morgan fingerprint density at radius 1 is 1.33 bits per heavy atom. The molecule has 0 saturated carbocycles. The van der Waals surface area contributed by atoms with Crippen molar-refractivity contribution in [3.63, 3.8) is 0 Å². The first-order chi connectivity index (χ1) is 7.11. The van der Waals surface area contributed by atoms with Gasteiger partial charge in [0.1, 0.15) is 5.82 Å². The maximum Gasteiger partial charge on any atom is 0.124 e. The lowest BCUT2D eigenvalue weighted by atomic mass is 9.97. The van der Waals surface area contributed by atoms with Gasteiger partial charge in [0.25, 0.3) is 0 Å². The molecule has 0 aliphatic heterocycles. The number of nitrogen functional groups attached to an aromatic ring is 1. The quantitative estimate of drug-likeness (QED) is 0.810. The van der Waals surface area contributed by atoms with Gasteiger partial charge in [-0.2, -0.15) is 5.10 Å². The van der Waals surface area contributed by atoms with Crippen LogP contribution in [-0.4, -0.2) is 9.78 Å². The summed E-state index contributed by atoms with van der Waals surface area (Å²) in [5, 5.41) is 4.54. The van der Waals surface area contributed by atoms with Crippen LogP contribution in [0.15, 0.2) is 0 Å². The van der Waals surface area contributed by atoms with E-state index in [0.717, 1.165) is 18.7 Å². The highest BCUT2D eigenvalue weighted by molar-refractivity contribution is 5.44. The van der Waals surface area contributed by atoms with E-state index >= 15 is 0 Å². The molecule has 0 saturated heterocycles. The Kier molecular flexibility index (Phi) is 4.18. The first-order valence-corrected chi connectivity index (χ1v) is 5.93. The Morgan fingerprint density at radius 2 is 2.00 bits per heavy atom. The molecule has 1 atom stereocenters. The van der Waals surface area contributed by atoms with E-state index in [1.54, 1.807) is 0 Å². The molecule has 1 heterocycles. The van der Waals surface area contributed by atoms with E-state index in [1.165, 1.54) is 24.1 Å². The van der Waals surface area contributed by atoms with Crippen molar-refractivity contribution in [1.82, 2.24) is 9.78 Å². The van der Waals surface area contributed by atoms with E-state index in [4.69, 9.17) is 5.73 Å². The zero-order valence-electron chi connectivity index (χ0n) is 10.4. The maximum atomic E-state index is 6.02. The maximum absolute atomic E-state index is 6.02. The van der Waals surface area contributed by atoms with Crippen LogP contribution in [-0.2, 0) is 13.5 Å². The van der Waals surface area contributed by atoms with Crippen molar-refractivity contribution in [3.8, 4) is 0 Å². The van der Waals surface area contributed by atoms with Crippen LogP contribution in [0.2, 0.25) is 0 Å². The highest BCUT2D eigenvalue weighted by Gasteiger charge is 2.17. The van der Waals surface area contributed by atoms with Crippen LogP contribution in [0.1, 0.15) is 57.2 Å². The van der Waals surface area contributed by atoms with Gasteiger partial charge in [-0.05, 0) is 12.8 Å². The number of aryl methyl sites for hydroxylation is 1. The van der Waals surface area contributed by atoms with Crippen molar-refractivity contribution in [3.05, 3.63) is 11.3 Å². The third-order valence-corrected chi connectivity index (χ3v) is 2.91. The molecule has 15 heavy (non-hydrogen) atoms. The second-order valence-corrected chi connectivity index (χ2v) is 4.31. The van der Waals surface area contributed by atoms with Crippen molar-refractivity contribution in [2.75, 3.05) is 5.73 Å². The molecule has 1 aromatic heterocycles. The normalized spacial score (nSPS) is 13.1. The van der Waals surface area contributed by atoms with Crippen LogP contribution < -0.4 is 5.73 Å². The van der Waals surface area contributed by atoms with Crippen LogP contribution in [0.4, 0.5) is 5.82 Å². The topological polar surface area (TPSA) is 43.8 Å². The predicted molar refractivity (Wildman–Crippen MR) is 64.9 cm³/mol. The van der Waals surface area contributed by atoms with Crippen LogP contribution >= 0.6 is 0 Å². The molecule has 0 radical (unpaired) electrons. The molecular weight excluding hydrogens is 186 g/mol. The minimum Gasteiger partial charge on any atom is -0.384 e. The molecule has 1 unspecified atom stereocenters. The van der Waals surface area contributed by atoms with Gasteiger partial charge in [-0.15, -0.1) is 0 Å². The van der Waals surface area contributed by atoms with E-state index in [0.29, 0.717) is 5.92 Å². The number of aromatic nitrogens is 2. The fraction of sp³-hybridized carbons (Fsp3) is 0.750. The molecule has 3 heteroatoms. The summed E-state index contributed by atoms with van der Waals surface area (Å²) in [5.41, 5.74) is 8.50.